The molecule has 0 aromatic heterocycles. The SMILES string of the molecule is NCCNC(=O)C1CCCN(C(=O)c2cccc(OCC3CCCO3)c2)C1. The number of hydrogen-bond donors (Lipinski definition) is 2. The molecule has 1 aromatic carbocycles. The van der Waals surface area contributed by atoms with E-state index < -0.39 is 0 Å². The summed E-state index contributed by atoms with van der Waals surface area (Å²) in [5.41, 5.74) is 6.02. The maximum atomic E-state index is 12.9. The van der Waals surface area contributed by atoms with Crippen LogP contribution in [-0.2, 0) is 9.53 Å². The fourth-order valence-electron chi connectivity index (χ4n) is 3.58. The Morgan fingerprint density at radius 2 is 2.19 bits per heavy atom. The van der Waals surface area contributed by atoms with Gasteiger partial charge in [0.15, 0.2) is 0 Å². The van der Waals surface area contributed by atoms with Gasteiger partial charge in [-0.05, 0) is 43.9 Å². The number of hydrogen-bond acceptors (Lipinski definition) is 5. The molecule has 2 saturated heterocycles. The van der Waals surface area contributed by atoms with Crippen molar-refractivity contribution in [1.29, 1.82) is 0 Å². The average Bonchev–Trinajstić information content (AvgIpc) is 3.24. The molecule has 7 heteroatoms. The van der Waals surface area contributed by atoms with Crippen molar-refractivity contribution in [1.82, 2.24) is 10.2 Å². The number of carbonyl (C=O) groups excluding carboxylic acids is 2. The van der Waals surface area contributed by atoms with Gasteiger partial charge in [-0.1, -0.05) is 6.07 Å². The molecule has 7 nitrogen and oxygen atoms in total. The van der Waals surface area contributed by atoms with Gasteiger partial charge in [-0.25, -0.2) is 0 Å². The number of amides is 2. The lowest BCUT2D eigenvalue weighted by molar-refractivity contribution is -0.126. The van der Waals surface area contributed by atoms with E-state index in [1.165, 1.54) is 0 Å². The lowest BCUT2D eigenvalue weighted by Crippen LogP contribution is -2.46. The molecular formula is C20H29N3O4. The van der Waals surface area contributed by atoms with Crippen LogP contribution in [0.2, 0.25) is 0 Å². The molecule has 148 valence electrons. The summed E-state index contributed by atoms with van der Waals surface area (Å²) in [4.78, 5) is 26.8. The maximum Gasteiger partial charge on any atom is 0.254 e. The summed E-state index contributed by atoms with van der Waals surface area (Å²) >= 11 is 0. The Kier molecular flexibility index (Phi) is 7.06. The average molecular weight is 375 g/mol. The molecule has 0 bridgehead atoms. The van der Waals surface area contributed by atoms with Crippen LogP contribution in [0.3, 0.4) is 0 Å². The number of piperidine rings is 1. The van der Waals surface area contributed by atoms with Crippen molar-refractivity contribution < 1.29 is 19.1 Å². The zero-order chi connectivity index (χ0) is 19.1. The Morgan fingerprint density at radius 3 is 2.96 bits per heavy atom. The first-order valence-electron chi connectivity index (χ1n) is 9.79. The van der Waals surface area contributed by atoms with Crippen molar-refractivity contribution in [3.8, 4) is 5.75 Å². The Balaban J connectivity index is 1.57. The largest absolute Gasteiger partial charge is 0.491 e. The molecule has 2 amide bonds. The van der Waals surface area contributed by atoms with Gasteiger partial charge < -0.3 is 25.4 Å². The number of ether oxygens (including phenoxy) is 2. The van der Waals surface area contributed by atoms with Crippen molar-refractivity contribution in [2.75, 3.05) is 39.4 Å². The lowest BCUT2D eigenvalue weighted by atomic mass is 9.96. The Hall–Kier alpha value is -2.12. The number of benzene rings is 1. The van der Waals surface area contributed by atoms with Crippen molar-refractivity contribution in [3.63, 3.8) is 0 Å². The van der Waals surface area contributed by atoms with Crippen LogP contribution in [0.25, 0.3) is 0 Å². The molecule has 3 rings (SSSR count). The first-order chi connectivity index (χ1) is 13.2. The molecule has 1 aromatic rings. The summed E-state index contributed by atoms with van der Waals surface area (Å²) in [6.45, 7) is 3.29. The van der Waals surface area contributed by atoms with Crippen molar-refractivity contribution >= 4 is 11.8 Å². The molecule has 0 saturated carbocycles. The Bertz CT molecular complexity index is 646. The highest BCUT2D eigenvalue weighted by Crippen LogP contribution is 2.22. The fourth-order valence-corrected chi connectivity index (χ4v) is 3.58. The molecule has 0 spiro atoms. The Morgan fingerprint density at radius 1 is 1.30 bits per heavy atom. The highest BCUT2D eigenvalue weighted by Gasteiger charge is 2.28. The number of likely N-dealkylation sites (tertiary alicyclic amines) is 1. The van der Waals surface area contributed by atoms with E-state index in [4.69, 9.17) is 15.2 Å². The summed E-state index contributed by atoms with van der Waals surface area (Å²) in [7, 11) is 0. The molecule has 2 aliphatic heterocycles. The molecule has 2 unspecified atom stereocenters. The molecule has 2 heterocycles. The van der Waals surface area contributed by atoms with E-state index in [1.54, 1.807) is 17.0 Å². The second-order valence-corrected chi connectivity index (χ2v) is 7.14. The van der Waals surface area contributed by atoms with Gasteiger partial charge in [0.1, 0.15) is 12.4 Å². The van der Waals surface area contributed by atoms with E-state index in [1.807, 2.05) is 12.1 Å². The van der Waals surface area contributed by atoms with E-state index in [0.717, 1.165) is 32.3 Å². The number of nitrogens with two attached hydrogens (primary N) is 1. The topological polar surface area (TPSA) is 93.9 Å². The molecule has 0 radical (unpaired) electrons. The molecule has 27 heavy (non-hydrogen) atoms. The molecule has 2 aliphatic rings. The minimum atomic E-state index is -0.173. The van der Waals surface area contributed by atoms with Gasteiger partial charge in [0, 0.05) is 38.3 Å². The quantitative estimate of drug-likeness (QED) is 0.746. The summed E-state index contributed by atoms with van der Waals surface area (Å²) in [5.74, 6) is 0.416. The standard InChI is InChI=1S/C20H29N3O4/c21-8-9-22-19(24)16-5-2-10-23(13-16)20(25)15-4-1-6-17(12-15)27-14-18-7-3-11-26-18/h1,4,6,12,16,18H,2-3,5,7-11,13-14,21H2,(H,22,24). The monoisotopic (exact) mass is 375 g/mol. The van der Waals surface area contributed by atoms with Gasteiger partial charge in [0.2, 0.25) is 5.91 Å². The third kappa shape index (κ3) is 5.43. The zero-order valence-corrected chi connectivity index (χ0v) is 15.7. The van der Waals surface area contributed by atoms with Crippen LogP contribution < -0.4 is 15.8 Å². The van der Waals surface area contributed by atoms with Crippen molar-refractivity contribution in [2.45, 2.75) is 31.8 Å². The number of rotatable bonds is 7. The molecule has 2 fully saturated rings. The van der Waals surface area contributed by atoms with Gasteiger partial charge in [-0.15, -0.1) is 0 Å². The fraction of sp³-hybridized carbons (Fsp3) is 0.600. The van der Waals surface area contributed by atoms with E-state index in [2.05, 4.69) is 5.32 Å². The van der Waals surface area contributed by atoms with Gasteiger partial charge >= 0.3 is 0 Å². The second-order valence-electron chi connectivity index (χ2n) is 7.14. The Labute approximate surface area is 160 Å². The highest BCUT2D eigenvalue weighted by molar-refractivity contribution is 5.95. The maximum absolute atomic E-state index is 12.9. The predicted octanol–water partition coefficient (Wildman–Crippen LogP) is 1.17. The van der Waals surface area contributed by atoms with Crippen LogP contribution >= 0.6 is 0 Å². The highest BCUT2D eigenvalue weighted by atomic mass is 16.5. The second kappa shape index (κ2) is 9.71. The van der Waals surface area contributed by atoms with Gasteiger partial charge in [-0.3, -0.25) is 9.59 Å². The van der Waals surface area contributed by atoms with E-state index in [0.29, 0.717) is 44.1 Å². The van der Waals surface area contributed by atoms with Crippen LogP contribution in [-0.4, -0.2) is 62.2 Å². The van der Waals surface area contributed by atoms with Gasteiger partial charge in [-0.2, -0.15) is 0 Å². The minimum absolute atomic E-state index is 0.0217. The third-order valence-corrected chi connectivity index (χ3v) is 5.06. The van der Waals surface area contributed by atoms with Crippen LogP contribution in [0.5, 0.6) is 5.75 Å². The number of nitrogens with zero attached hydrogens (tertiary/aromatic N) is 1. The van der Waals surface area contributed by atoms with E-state index >= 15 is 0 Å². The van der Waals surface area contributed by atoms with Crippen molar-refractivity contribution in [3.05, 3.63) is 29.8 Å². The van der Waals surface area contributed by atoms with Crippen LogP contribution in [0.15, 0.2) is 24.3 Å². The zero-order valence-electron chi connectivity index (χ0n) is 15.7. The molecule has 0 aliphatic carbocycles. The van der Waals surface area contributed by atoms with E-state index in [-0.39, 0.29) is 23.8 Å². The first kappa shape index (κ1) is 19.6. The number of carbonyl (C=O) groups is 2. The van der Waals surface area contributed by atoms with Crippen LogP contribution in [0, 0.1) is 5.92 Å². The lowest BCUT2D eigenvalue weighted by Gasteiger charge is -2.32. The normalized spacial score (nSPS) is 22.5. The smallest absolute Gasteiger partial charge is 0.254 e. The summed E-state index contributed by atoms with van der Waals surface area (Å²) in [5, 5.41) is 2.82. The minimum Gasteiger partial charge on any atom is -0.491 e. The van der Waals surface area contributed by atoms with E-state index in [9.17, 15) is 9.59 Å². The third-order valence-electron chi connectivity index (χ3n) is 5.06. The molecular weight excluding hydrogens is 346 g/mol. The van der Waals surface area contributed by atoms with Crippen LogP contribution in [0.1, 0.15) is 36.0 Å². The molecule has 2 atom stereocenters. The van der Waals surface area contributed by atoms with Crippen LogP contribution in [0.4, 0.5) is 0 Å². The van der Waals surface area contributed by atoms with Gasteiger partial charge in [0.25, 0.3) is 5.91 Å². The summed E-state index contributed by atoms with van der Waals surface area (Å²) in [6, 6.07) is 7.24. The predicted molar refractivity (Wildman–Crippen MR) is 102 cm³/mol. The summed E-state index contributed by atoms with van der Waals surface area (Å²) < 4.78 is 11.4. The molecule has 3 N–H and O–H groups in total. The number of nitrogens with one attached hydrogen (secondary N) is 1. The van der Waals surface area contributed by atoms with Gasteiger partial charge in [0.05, 0.1) is 12.0 Å². The van der Waals surface area contributed by atoms with Crippen molar-refractivity contribution in [2.24, 2.45) is 11.7 Å². The first-order valence-corrected chi connectivity index (χ1v) is 9.79. The summed E-state index contributed by atoms with van der Waals surface area (Å²) in [6.07, 6.45) is 3.84.